The van der Waals surface area contributed by atoms with Gasteiger partial charge in [-0.05, 0) is 39.0 Å². The predicted octanol–water partition coefficient (Wildman–Crippen LogP) is 3.99. The minimum Gasteiger partial charge on any atom is -0.378 e. The molecule has 1 aliphatic rings. The number of hydrogen-bond acceptors (Lipinski definition) is 2. The molecule has 0 aromatic carbocycles. The van der Waals surface area contributed by atoms with Crippen molar-refractivity contribution in [2.24, 2.45) is 10.8 Å². The van der Waals surface area contributed by atoms with Crippen LogP contribution in [0, 0.1) is 10.8 Å². The molecule has 2 atom stereocenters. The summed E-state index contributed by atoms with van der Waals surface area (Å²) in [6.45, 7) is 19.1. The lowest BCUT2D eigenvalue weighted by molar-refractivity contribution is -0.120. The van der Waals surface area contributed by atoms with Gasteiger partial charge in [-0.1, -0.05) is 34.6 Å². The second-order valence-electron chi connectivity index (χ2n) is 8.32. The minimum absolute atomic E-state index is 0.192. The zero-order chi connectivity index (χ0) is 14.2. The van der Waals surface area contributed by atoms with E-state index in [1.54, 1.807) is 0 Å². The molecule has 0 amide bonds. The summed E-state index contributed by atoms with van der Waals surface area (Å²) in [7, 11) is 0. The van der Waals surface area contributed by atoms with Crippen LogP contribution in [0.4, 0.5) is 0 Å². The van der Waals surface area contributed by atoms with E-state index in [1.807, 2.05) is 0 Å². The van der Waals surface area contributed by atoms with Crippen LogP contribution in [0.2, 0.25) is 0 Å². The van der Waals surface area contributed by atoms with Gasteiger partial charge in [0.05, 0.1) is 6.10 Å². The lowest BCUT2D eigenvalue weighted by Crippen LogP contribution is -2.65. The van der Waals surface area contributed by atoms with Gasteiger partial charge in [0.1, 0.15) is 0 Å². The fourth-order valence-corrected chi connectivity index (χ4v) is 3.46. The molecular formula is C16H33NO. The zero-order valence-electron chi connectivity index (χ0n) is 13.7. The Hall–Kier alpha value is -0.0800. The molecule has 1 saturated carbocycles. The van der Waals surface area contributed by atoms with Gasteiger partial charge in [0.25, 0.3) is 0 Å². The molecule has 2 unspecified atom stereocenters. The van der Waals surface area contributed by atoms with E-state index in [1.165, 1.54) is 6.42 Å². The molecule has 0 aromatic heterocycles. The van der Waals surface area contributed by atoms with Gasteiger partial charge >= 0.3 is 0 Å². The van der Waals surface area contributed by atoms with Crippen LogP contribution in [0.25, 0.3) is 0 Å². The molecule has 0 aliphatic heterocycles. The van der Waals surface area contributed by atoms with Crippen molar-refractivity contribution in [1.82, 2.24) is 5.32 Å². The van der Waals surface area contributed by atoms with Crippen molar-refractivity contribution in [2.75, 3.05) is 6.61 Å². The normalized spacial score (nSPS) is 28.0. The van der Waals surface area contributed by atoms with Crippen LogP contribution in [-0.2, 0) is 4.74 Å². The van der Waals surface area contributed by atoms with Crippen molar-refractivity contribution in [3.05, 3.63) is 0 Å². The van der Waals surface area contributed by atoms with E-state index >= 15 is 0 Å². The molecule has 1 N–H and O–H groups in total. The highest BCUT2D eigenvalue weighted by atomic mass is 16.5. The number of ether oxygens (including phenoxy) is 1. The second-order valence-corrected chi connectivity index (χ2v) is 8.32. The third-order valence-electron chi connectivity index (χ3n) is 4.08. The molecule has 0 aromatic rings. The SMILES string of the molecule is CCOC1CC(NC(C)(C)CC(C)(C)C)C1(C)C. The van der Waals surface area contributed by atoms with Crippen molar-refractivity contribution >= 4 is 0 Å². The summed E-state index contributed by atoms with van der Waals surface area (Å²) < 4.78 is 5.80. The van der Waals surface area contributed by atoms with Gasteiger partial charge < -0.3 is 10.1 Å². The Balaban J connectivity index is 2.54. The summed E-state index contributed by atoms with van der Waals surface area (Å²) in [4.78, 5) is 0. The molecule has 0 saturated heterocycles. The average Bonchev–Trinajstić information content (AvgIpc) is 2.12. The molecule has 0 bridgehead atoms. The Kier molecular flexibility index (Phi) is 4.55. The second kappa shape index (κ2) is 5.13. The molecule has 108 valence electrons. The van der Waals surface area contributed by atoms with Crippen molar-refractivity contribution in [2.45, 2.75) is 85.9 Å². The lowest BCUT2D eigenvalue weighted by atomic mass is 9.63. The highest BCUT2D eigenvalue weighted by molar-refractivity contribution is 5.05. The van der Waals surface area contributed by atoms with Crippen molar-refractivity contribution in [3.63, 3.8) is 0 Å². The smallest absolute Gasteiger partial charge is 0.0655 e. The van der Waals surface area contributed by atoms with E-state index < -0.39 is 0 Å². The third kappa shape index (κ3) is 3.96. The maximum Gasteiger partial charge on any atom is 0.0655 e. The molecule has 1 rings (SSSR count). The van der Waals surface area contributed by atoms with E-state index in [2.05, 4.69) is 60.7 Å². The first kappa shape index (κ1) is 16.0. The standard InChI is InChI=1S/C16H33NO/c1-9-18-13-10-12(16(13,7)8)17-15(5,6)11-14(2,3)4/h12-13,17H,9-11H2,1-8H3. The molecule has 0 spiro atoms. The summed E-state index contributed by atoms with van der Waals surface area (Å²) in [6, 6.07) is 0.575. The Bertz CT molecular complexity index is 275. The topological polar surface area (TPSA) is 21.3 Å². The van der Waals surface area contributed by atoms with Crippen molar-refractivity contribution in [1.29, 1.82) is 0 Å². The summed E-state index contributed by atoms with van der Waals surface area (Å²) in [6.07, 6.45) is 2.76. The molecule has 2 nitrogen and oxygen atoms in total. The van der Waals surface area contributed by atoms with Crippen LogP contribution in [0.1, 0.15) is 68.2 Å². The quantitative estimate of drug-likeness (QED) is 0.802. The summed E-state index contributed by atoms with van der Waals surface area (Å²) in [5, 5.41) is 3.85. The van der Waals surface area contributed by atoms with Gasteiger partial charge in [-0.2, -0.15) is 0 Å². The van der Waals surface area contributed by atoms with Gasteiger partial charge in [0.15, 0.2) is 0 Å². The highest BCUT2D eigenvalue weighted by Crippen LogP contribution is 2.44. The fourth-order valence-electron chi connectivity index (χ4n) is 3.46. The molecule has 1 aliphatic carbocycles. The largest absolute Gasteiger partial charge is 0.378 e. The zero-order valence-corrected chi connectivity index (χ0v) is 13.7. The molecule has 18 heavy (non-hydrogen) atoms. The van der Waals surface area contributed by atoms with Crippen LogP contribution >= 0.6 is 0 Å². The van der Waals surface area contributed by atoms with E-state index in [0.717, 1.165) is 13.0 Å². The first-order valence-electron chi connectivity index (χ1n) is 7.37. The van der Waals surface area contributed by atoms with E-state index in [4.69, 9.17) is 4.74 Å². The first-order chi connectivity index (χ1) is 7.98. The Labute approximate surface area is 114 Å². The van der Waals surface area contributed by atoms with Crippen LogP contribution < -0.4 is 5.32 Å². The summed E-state index contributed by atoms with van der Waals surface area (Å²) >= 11 is 0. The van der Waals surface area contributed by atoms with Crippen molar-refractivity contribution < 1.29 is 4.74 Å². The van der Waals surface area contributed by atoms with Crippen LogP contribution in [-0.4, -0.2) is 24.3 Å². The van der Waals surface area contributed by atoms with E-state index in [-0.39, 0.29) is 11.0 Å². The van der Waals surface area contributed by atoms with Crippen LogP contribution in [0.5, 0.6) is 0 Å². The number of rotatable bonds is 5. The third-order valence-corrected chi connectivity index (χ3v) is 4.08. The Morgan fingerprint density at radius 2 is 1.72 bits per heavy atom. The lowest BCUT2D eigenvalue weighted by Gasteiger charge is -2.54. The fraction of sp³-hybridized carbons (Fsp3) is 1.00. The molecule has 0 radical (unpaired) electrons. The Morgan fingerprint density at radius 1 is 1.17 bits per heavy atom. The highest BCUT2D eigenvalue weighted by Gasteiger charge is 2.50. The minimum atomic E-state index is 0.192. The predicted molar refractivity (Wildman–Crippen MR) is 78.9 cm³/mol. The number of nitrogens with one attached hydrogen (secondary N) is 1. The maximum absolute atomic E-state index is 5.80. The van der Waals surface area contributed by atoms with Crippen LogP contribution in [0.15, 0.2) is 0 Å². The Morgan fingerprint density at radius 3 is 2.11 bits per heavy atom. The molecule has 1 fully saturated rings. The number of hydrogen-bond donors (Lipinski definition) is 1. The van der Waals surface area contributed by atoms with Gasteiger partial charge in [0, 0.05) is 23.6 Å². The monoisotopic (exact) mass is 255 g/mol. The van der Waals surface area contributed by atoms with Gasteiger partial charge in [-0.3, -0.25) is 0 Å². The van der Waals surface area contributed by atoms with E-state index in [0.29, 0.717) is 17.6 Å². The van der Waals surface area contributed by atoms with Gasteiger partial charge in [0.2, 0.25) is 0 Å². The molecular weight excluding hydrogens is 222 g/mol. The average molecular weight is 255 g/mol. The summed E-state index contributed by atoms with van der Waals surface area (Å²) in [5.41, 5.74) is 0.812. The molecule has 2 heteroatoms. The van der Waals surface area contributed by atoms with Gasteiger partial charge in [-0.25, -0.2) is 0 Å². The van der Waals surface area contributed by atoms with Crippen LogP contribution in [0.3, 0.4) is 0 Å². The molecule has 0 heterocycles. The van der Waals surface area contributed by atoms with E-state index in [9.17, 15) is 0 Å². The summed E-state index contributed by atoms with van der Waals surface area (Å²) in [5.74, 6) is 0. The maximum atomic E-state index is 5.80. The van der Waals surface area contributed by atoms with Gasteiger partial charge in [-0.15, -0.1) is 0 Å². The van der Waals surface area contributed by atoms with Crippen molar-refractivity contribution in [3.8, 4) is 0 Å². The first-order valence-corrected chi connectivity index (χ1v) is 7.37.